The van der Waals surface area contributed by atoms with Gasteiger partial charge in [0.15, 0.2) is 0 Å². The summed E-state index contributed by atoms with van der Waals surface area (Å²) in [4.78, 5) is 19.7. The number of carbonyl (C=O) groups excluding carboxylic acids is 1. The molecule has 0 aromatic rings. The third-order valence-corrected chi connectivity index (χ3v) is 1.44. The summed E-state index contributed by atoms with van der Waals surface area (Å²) in [5, 5.41) is 7.42. The van der Waals surface area contributed by atoms with Gasteiger partial charge in [-0.25, -0.2) is 4.79 Å². The standard InChI is InChI=1S/C9H18O3.C2H4O2/c1-3-5-7-11-9(10)12-8-6-4-2;1-2(3)4/h3-8H2,1-2H3;1H3,(H,3,4). The fraction of sp³-hybridized carbons (Fsp3) is 0.818. The highest BCUT2D eigenvalue weighted by atomic mass is 16.7. The number of unbranched alkanes of at least 4 members (excludes halogenated alkanes) is 2. The van der Waals surface area contributed by atoms with Crippen LogP contribution >= 0.6 is 0 Å². The minimum absolute atomic E-state index is 0.474. The van der Waals surface area contributed by atoms with Crippen molar-refractivity contribution in [2.45, 2.75) is 46.5 Å². The number of hydrogen-bond acceptors (Lipinski definition) is 4. The number of carboxylic acid groups (broad SMARTS) is 1. The Labute approximate surface area is 96.7 Å². The predicted molar refractivity (Wildman–Crippen MR) is 60.4 cm³/mol. The van der Waals surface area contributed by atoms with Crippen LogP contribution in [0.15, 0.2) is 0 Å². The molecule has 0 radical (unpaired) electrons. The van der Waals surface area contributed by atoms with Gasteiger partial charge in [-0.05, 0) is 12.8 Å². The Balaban J connectivity index is 0. The van der Waals surface area contributed by atoms with E-state index in [1.165, 1.54) is 0 Å². The minimum Gasteiger partial charge on any atom is -0.481 e. The van der Waals surface area contributed by atoms with Crippen molar-refractivity contribution in [1.82, 2.24) is 0 Å². The maximum atomic E-state index is 10.7. The van der Waals surface area contributed by atoms with Gasteiger partial charge in [0.1, 0.15) is 0 Å². The molecule has 0 rings (SSSR count). The van der Waals surface area contributed by atoms with Crippen LogP contribution in [0.1, 0.15) is 46.5 Å². The van der Waals surface area contributed by atoms with E-state index in [-0.39, 0.29) is 0 Å². The molecule has 1 N–H and O–H groups in total. The van der Waals surface area contributed by atoms with Gasteiger partial charge in [0, 0.05) is 6.92 Å². The molecule has 16 heavy (non-hydrogen) atoms. The molecule has 0 aliphatic heterocycles. The monoisotopic (exact) mass is 234 g/mol. The molecule has 96 valence electrons. The molecule has 0 heterocycles. The van der Waals surface area contributed by atoms with Gasteiger partial charge in [0.25, 0.3) is 5.97 Å². The molecule has 0 aliphatic rings. The third kappa shape index (κ3) is 23.0. The third-order valence-electron chi connectivity index (χ3n) is 1.44. The highest BCUT2D eigenvalue weighted by molar-refractivity contribution is 5.63. The number of ether oxygens (including phenoxy) is 2. The van der Waals surface area contributed by atoms with Gasteiger partial charge >= 0.3 is 6.16 Å². The molecule has 0 atom stereocenters. The Morgan fingerprint density at radius 3 is 1.56 bits per heavy atom. The van der Waals surface area contributed by atoms with Crippen molar-refractivity contribution in [1.29, 1.82) is 0 Å². The van der Waals surface area contributed by atoms with Gasteiger partial charge < -0.3 is 14.6 Å². The summed E-state index contributed by atoms with van der Waals surface area (Å²) in [6, 6.07) is 0. The summed E-state index contributed by atoms with van der Waals surface area (Å²) >= 11 is 0. The molecule has 0 saturated heterocycles. The van der Waals surface area contributed by atoms with Crippen molar-refractivity contribution in [2.75, 3.05) is 13.2 Å². The average molecular weight is 234 g/mol. The Kier molecular flexibility index (Phi) is 14.7. The van der Waals surface area contributed by atoms with E-state index >= 15 is 0 Å². The molecule has 5 nitrogen and oxygen atoms in total. The zero-order valence-electron chi connectivity index (χ0n) is 10.3. The highest BCUT2D eigenvalue weighted by Crippen LogP contribution is 1.93. The summed E-state index contributed by atoms with van der Waals surface area (Å²) in [5.74, 6) is -0.833. The topological polar surface area (TPSA) is 72.8 Å². The van der Waals surface area contributed by atoms with Crippen LogP contribution in [0, 0.1) is 0 Å². The lowest BCUT2D eigenvalue weighted by Crippen LogP contribution is -2.09. The molecular formula is C11H22O5. The number of aliphatic carboxylic acids is 1. The van der Waals surface area contributed by atoms with Crippen molar-refractivity contribution in [3.63, 3.8) is 0 Å². The lowest BCUT2D eigenvalue weighted by molar-refractivity contribution is -0.134. The second-order valence-electron chi connectivity index (χ2n) is 3.17. The molecule has 0 fully saturated rings. The lowest BCUT2D eigenvalue weighted by Gasteiger charge is -2.04. The van der Waals surface area contributed by atoms with Crippen molar-refractivity contribution < 1.29 is 24.2 Å². The summed E-state index contributed by atoms with van der Waals surface area (Å²) in [6.45, 7) is 6.13. The zero-order valence-corrected chi connectivity index (χ0v) is 10.3. The van der Waals surface area contributed by atoms with Gasteiger partial charge in [-0.15, -0.1) is 0 Å². The summed E-state index contributed by atoms with van der Waals surface area (Å²) in [6.07, 6.45) is 3.34. The summed E-state index contributed by atoms with van der Waals surface area (Å²) in [7, 11) is 0. The first kappa shape index (κ1) is 17.1. The maximum absolute atomic E-state index is 10.7. The molecule has 0 saturated carbocycles. The van der Waals surface area contributed by atoms with Crippen LogP contribution in [0.3, 0.4) is 0 Å². The van der Waals surface area contributed by atoms with Crippen LogP contribution in [-0.4, -0.2) is 30.4 Å². The van der Waals surface area contributed by atoms with Crippen molar-refractivity contribution in [3.05, 3.63) is 0 Å². The van der Waals surface area contributed by atoms with E-state index in [1.807, 2.05) is 13.8 Å². The van der Waals surface area contributed by atoms with Crippen LogP contribution in [-0.2, 0) is 14.3 Å². The first-order valence-corrected chi connectivity index (χ1v) is 5.53. The zero-order chi connectivity index (χ0) is 12.8. The highest BCUT2D eigenvalue weighted by Gasteiger charge is 2.00. The van der Waals surface area contributed by atoms with Gasteiger partial charge in [-0.3, -0.25) is 4.79 Å². The first-order valence-electron chi connectivity index (χ1n) is 5.53. The summed E-state index contributed by atoms with van der Waals surface area (Å²) < 4.78 is 9.54. The van der Waals surface area contributed by atoms with E-state index in [1.54, 1.807) is 0 Å². The molecule has 0 aliphatic carbocycles. The van der Waals surface area contributed by atoms with E-state index in [4.69, 9.17) is 19.4 Å². The van der Waals surface area contributed by atoms with E-state index in [0.717, 1.165) is 32.6 Å². The fourth-order valence-corrected chi connectivity index (χ4v) is 0.641. The van der Waals surface area contributed by atoms with Crippen LogP contribution in [0.5, 0.6) is 0 Å². The Bertz CT molecular complexity index is 163. The Morgan fingerprint density at radius 2 is 1.31 bits per heavy atom. The van der Waals surface area contributed by atoms with Crippen molar-refractivity contribution >= 4 is 12.1 Å². The van der Waals surface area contributed by atoms with Crippen LogP contribution < -0.4 is 0 Å². The molecule has 0 spiro atoms. The Hall–Kier alpha value is -1.26. The smallest absolute Gasteiger partial charge is 0.481 e. The molecule has 0 amide bonds. The summed E-state index contributed by atoms with van der Waals surface area (Å²) in [5.41, 5.74) is 0. The molecule has 0 unspecified atom stereocenters. The van der Waals surface area contributed by atoms with Crippen LogP contribution in [0.4, 0.5) is 4.79 Å². The SMILES string of the molecule is CC(=O)O.CCCCOC(=O)OCCCC. The number of hydrogen-bond donors (Lipinski definition) is 1. The molecular weight excluding hydrogens is 212 g/mol. The molecule has 5 heteroatoms. The van der Waals surface area contributed by atoms with Gasteiger partial charge in [-0.2, -0.15) is 0 Å². The van der Waals surface area contributed by atoms with E-state index < -0.39 is 12.1 Å². The van der Waals surface area contributed by atoms with Gasteiger partial charge in [0.05, 0.1) is 13.2 Å². The second kappa shape index (κ2) is 13.7. The quantitative estimate of drug-likeness (QED) is 0.565. The number of carbonyl (C=O) groups is 2. The first-order chi connectivity index (χ1) is 7.54. The normalized spacial score (nSPS) is 8.69. The number of carboxylic acids is 1. The Morgan fingerprint density at radius 1 is 1.00 bits per heavy atom. The maximum Gasteiger partial charge on any atom is 0.508 e. The molecule has 0 bridgehead atoms. The average Bonchev–Trinajstić information content (AvgIpc) is 2.18. The molecule has 0 aromatic heterocycles. The van der Waals surface area contributed by atoms with Gasteiger partial charge in [0.2, 0.25) is 0 Å². The van der Waals surface area contributed by atoms with Crippen LogP contribution in [0.2, 0.25) is 0 Å². The van der Waals surface area contributed by atoms with E-state index in [9.17, 15) is 4.79 Å². The van der Waals surface area contributed by atoms with Crippen molar-refractivity contribution in [2.24, 2.45) is 0 Å². The van der Waals surface area contributed by atoms with Gasteiger partial charge in [-0.1, -0.05) is 26.7 Å². The number of rotatable bonds is 6. The molecule has 0 aromatic carbocycles. The second-order valence-corrected chi connectivity index (χ2v) is 3.17. The largest absolute Gasteiger partial charge is 0.508 e. The predicted octanol–water partition coefficient (Wildman–Crippen LogP) is 2.83. The van der Waals surface area contributed by atoms with Crippen molar-refractivity contribution in [3.8, 4) is 0 Å². The fourth-order valence-electron chi connectivity index (χ4n) is 0.641. The lowest BCUT2D eigenvalue weighted by atomic mass is 10.4. The minimum atomic E-state index is -0.833. The van der Waals surface area contributed by atoms with E-state index in [2.05, 4.69) is 0 Å². The van der Waals surface area contributed by atoms with Crippen LogP contribution in [0.25, 0.3) is 0 Å². The van der Waals surface area contributed by atoms with E-state index in [0.29, 0.717) is 13.2 Å².